The van der Waals surface area contributed by atoms with Crippen LogP contribution in [0.25, 0.3) is 11.0 Å². The summed E-state index contributed by atoms with van der Waals surface area (Å²) in [6, 6.07) is 8.21. The quantitative estimate of drug-likeness (QED) is 0.791. The van der Waals surface area contributed by atoms with Gasteiger partial charge in [0.2, 0.25) is 0 Å². The Morgan fingerprint density at radius 1 is 1.35 bits per heavy atom. The van der Waals surface area contributed by atoms with Gasteiger partial charge in [0.1, 0.15) is 11.3 Å². The standard InChI is InChI=1S/C15H19NO/c1-4-14-13(10-16-9-11(2)3)12-7-5-6-8-15(12)17-14/h5-8,16H,2,4,9-10H2,1,3H3. The van der Waals surface area contributed by atoms with Crippen LogP contribution in [0, 0.1) is 0 Å². The molecule has 0 aliphatic carbocycles. The van der Waals surface area contributed by atoms with E-state index in [2.05, 4.69) is 31.0 Å². The zero-order valence-electron chi connectivity index (χ0n) is 10.5. The van der Waals surface area contributed by atoms with Crippen molar-refractivity contribution in [1.82, 2.24) is 5.32 Å². The van der Waals surface area contributed by atoms with E-state index >= 15 is 0 Å². The van der Waals surface area contributed by atoms with Gasteiger partial charge in [-0.2, -0.15) is 0 Å². The molecule has 1 aromatic carbocycles. The highest BCUT2D eigenvalue weighted by Gasteiger charge is 2.11. The molecule has 90 valence electrons. The molecule has 0 bridgehead atoms. The number of nitrogens with one attached hydrogen (secondary N) is 1. The Morgan fingerprint density at radius 2 is 2.12 bits per heavy atom. The first-order valence-corrected chi connectivity index (χ1v) is 6.06. The Balaban J connectivity index is 2.27. The Kier molecular flexibility index (Phi) is 3.64. The third-order valence-electron chi connectivity index (χ3n) is 2.83. The van der Waals surface area contributed by atoms with E-state index in [1.54, 1.807) is 0 Å². The third-order valence-corrected chi connectivity index (χ3v) is 2.83. The molecule has 0 amide bonds. The summed E-state index contributed by atoms with van der Waals surface area (Å²) >= 11 is 0. The van der Waals surface area contributed by atoms with Crippen molar-refractivity contribution in [3.63, 3.8) is 0 Å². The second kappa shape index (κ2) is 5.19. The maximum absolute atomic E-state index is 5.84. The van der Waals surface area contributed by atoms with Gasteiger partial charge in [0.05, 0.1) is 0 Å². The van der Waals surface area contributed by atoms with Gasteiger partial charge in [-0.05, 0) is 13.0 Å². The number of furan rings is 1. The monoisotopic (exact) mass is 229 g/mol. The molecule has 2 nitrogen and oxygen atoms in total. The van der Waals surface area contributed by atoms with Crippen LogP contribution < -0.4 is 5.32 Å². The summed E-state index contributed by atoms with van der Waals surface area (Å²) in [6.07, 6.45) is 0.929. The Morgan fingerprint density at radius 3 is 2.82 bits per heavy atom. The van der Waals surface area contributed by atoms with E-state index in [4.69, 9.17) is 4.42 Å². The van der Waals surface area contributed by atoms with Crippen LogP contribution in [-0.4, -0.2) is 6.54 Å². The molecule has 1 heterocycles. The summed E-state index contributed by atoms with van der Waals surface area (Å²) in [7, 11) is 0. The predicted molar refractivity (Wildman–Crippen MR) is 72.1 cm³/mol. The van der Waals surface area contributed by atoms with Gasteiger partial charge in [-0.3, -0.25) is 0 Å². The lowest BCUT2D eigenvalue weighted by atomic mass is 10.1. The summed E-state index contributed by atoms with van der Waals surface area (Å²) in [5, 5.41) is 4.62. The minimum Gasteiger partial charge on any atom is -0.461 e. The molecule has 0 fully saturated rings. The number of para-hydroxylation sites is 1. The van der Waals surface area contributed by atoms with Gasteiger partial charge in [0, 0.05) is 30.5 Å². The summed E-state index contributed by atoms with van der Waals surface area (Å²) in [5.74, 6) is 1.08. The van der Waals surface area contributed by atoms with E-state index in [1.807, 2.05) is 19.1 Å². The van der Waals surface area contributed by atoms with Gasteiger partial charge < -0.3 is 9.73 Å². The average Bonchev–Trinajstić information content (AvgIpc) is 2.67. The van der Waals surface area contributed by atoms with Crippen LogP contribution in [0.1, 0.15) is 25.2 Å². The van der Waals surface area contributed by atoms with Crippen LogP contribution in [0.4, 0.5) is 0 Å². The molecule has 0 unspecified atom stereocenters. The lowest BCUT2D eigenvalue weighted by Gasteiger charge is -2.04. The minimum absolute atomic E-state index is 0.840. The fourth-order valence-corrected chi connectivity index (χ4v) is 2.03. The lowest BCUT2D eigenvalue weighted by molar-refractivity contribution is 0.546. The van der Waals surface area contributed by atoms with Crippen molar-refractivity contribution >= 4 is 11.0 Å². The first-order chi connectivity index (χ1) is 8.22. The van der Waals surface area contributed by atoms with E-state index in [9.17, 15) is 0 Å². The first-order valence-electron chi connectivity index (χ1n) is 6.06. The van der Waals surface area contributed by atoms with Gasteiger partial charge in [-0.15, -0.1) is 0 Å². The number of aryl methyl sites for hydroxylation is 1. The van der Waals surface area contributed by atoms with Crippen molar-refractivity contribution in [1.29, 1.82) is 0 Å². The SMILES string of the molecule is C=C(C)CNCc1c(CC)oc2ccccc12. The highest BCUT2D eigenvalue weighted by Crippen LogP contribution is 2.26. The molecule has 0 spiro atoms. The van der Waals surface area contributed by atoms with Crippen molar-refractivity contribution < 1.29 is 4.42 Å². The van der Waals surface area contributed by atoms with Crippen LogP contribution in [0.5, 0.6) is 0 Å². The molecule has 0 aliphatic heterocycles. The van der Waals surface area contributed by atoms with E-state index in [0.717, 1.165) is 36.4 Å². The number of benzene rings is 1. The number of hydrogen-bond donors (Lipinski definition) is 1. The van der Waals surface area contributed by atoms with Gasteiger partial charge in [0.15, 0.2) is 0 Å². The summed E-state index contributed by atoms with van der Waals surface area (Å²) < 4.78 is 5.84. The van der Waals surface area contributed by atoms with Crippen LogP contribution in [-0.2, 0) is 13.0 Å². The van der Waals surface area contributed by atoms with Crippen LogP contribution in [0.15, 0.2) is 40.8 Å². The fraction of sp³-hybridized carbons (Fsp3) is 0.333. The molecule has 0 radical (unpaired) electrons. The molecule has 2 heteroatoms. The highest BCUT2D eigenvalue weighted by molar-refractivity contribution is 5.82. The van der Waals surface area contributed by atoms with Crippen LogP contribution in [0.3, 0.4) is 0 Å². The zero-order valence-corrected chi connectivity index (χ0v) is 10.5. The third kappa shape index (κ3) is 2.59. The molecule has 0 saturated carbocycles. The van der Waals surface area contributed by atoms with Crippen LogP contribution >= 0.6 is 0 Å². The number of hydrogen-bond acceptors (Lipinski definition) is 2. The van der Waals surface area contributed by atoms with Crippen molar-refractivity contribution in [2.45, 2.75) is 26.8 Å². The molecular weight excluding hydrogens is 210 g/mol. The second-order valence-corrected chi connectivity index (χ2v) is 4.41. The molecule has 0 saturated heterocycles. The van der Waals surface area contributed by atoms with Gasteiger partial charge >= 0.3 is 0 Å². The molecule has 17 heavy (non-hydrogen) atoms. The minimum atomic E-state index is 0.840. The molecule has 1 N–H and O–H groups in total. The molecule has 2 aromatic rings. The number of rotatable bonds is 5. The molecule has 1 aromatic heterocycles. The summed E-state index contributed by atoms with van der Waals surface area (Å²) in [6.45, 7) is 9.74. The van der Waals surface area contributed by atoms with Crippen LogP contribution in [0.2, 0.25) is 0 Å². The van der Waals surface area contributed by atoms with Crippen molar-refractivity contribution in [2.24, 2.45) is 0 Å². The van der Waals surface area contributed by atoms with Gasteiger partial charge in [0.25, 0.3) is 0 Å². The van der Waals surface area contributed by atoms with Crippen molar-refractivity contribution in [3.8, 4) is 0 Å². The maximum atomic E-state index is 5.84. The highest BCUT2D eigenvalue weighted by atomic mass is 16.3. The Labute approximate surface area is 102 Å². The van der Waals surface area contributed by atoms with E-state index in [1.165, 1.54) is 10.9 Å². The van der Waals surface area contributed by atoms with Gasteiger partial charge in [-0.25, -0.2) is 0 Å². The normalized spacial score (nSPS) is 10.9. The largest absolute Gasteiger partial charge is 0.461 e. The van der Waals surface area contributed by atoms with Crippen molar-refractivity contribution in [2.75, 3.05) is 6.54 Å². The molecular formula is C15H19NO. The topological polar surface area (TPSA) is 25.2 Å². The number of fused-ring (bicyclic) bond motifs is 1. The summed E-state index contributed by atoms with van der Waals surface area (Å²) in [4.78, 5) is 0. The Hall–Kier alpha value is -1.54. The maximum Gasteiger partial charge on any atom is 0.134 e. The predicted octanol–water partition coefficient (Wildman–Crippen LogP) is 3.66. The average molecular weight is 229 g/mol. The molecule has 2 rings (SSSR count). The summed E-state index contributed by atoms with van der Waals surface area (Å²) in [5.41, 5.74) is 3.41. The lowest BCUT2D eigenvalue weighted by Crippen LogP contribution is -2.15. The molecule has 0 aliphatic rings. The van der Waals surface area contributed by atoms with Gasteiger partial charge in [-0.1, -0.05) is 37.3 Å². The van der Waals surface area contributed by atoms with Crippen molar-refractivity contribution in [3.05, 3.63) is 47.7 Å². The fourth-order valence-electron chi connectivity index (χ4n) is 2.03. The first kappa shape index (κ1) is 11.9. The molecule has 0 atom stereocenters. The van der Waals surface area contributed by atoms with E-state index in [0.29, 0.717) is 0 Å². The smallest absolute Gasteiger partial charge is 0.134 e. The van der Waals surface area contributed by atoms with E-state index in [-0.39, 0.29) is 0 Å². The Bertz CT molecular complexity index is 525. The zero-order chi connectivity index (χ0) is 12.3. The van der Waals surface area contributed by atoms with E-state index < -0.39 is 0 Å². The second-order valence-electron chi connectivity index (χ2n) is 4.41.